The van der Waals surface area contributed by atoms with Gasteiger partial charge in [-0.3, -0.25) is 0 Å². The second-order valence-corrected chi connectivity index (χ2v) is 8.08. The first-order valence-corrected chi connectivity index (χ1v) is 8.55. The number of hydrogen-bond acceptors (Lipinski definition) is 5. The summed E-state index contributed by atoms with van der Waals surface area (Å²) in [5, 5.41) is 12.8. The molecule has 1 aliphatic carbocycles. The minimum absolute atomic E-state index is 0.0477. The van der Waals surface area contributed by atoms with E-state index in [2.05, 4.69) is 5.32 Å². The summed E-state index contributed by atoms with van der Waals surface area (Å²) in [4.78, 5) is 0. The van der Waals surface area contributed by atoms with Crippen molar-refractivity contribution in [3.63, 3.8) is 0 Å². The molecule has 1 aromatic rings. The normalized spacial score (nSPS) is 23.4. The Morgan fingerprint density at radius 1 is 1.16 bits per heavy atom. The summed E-state index contributed by atoms with van der Waals surface area (Å²) < 4.78 is 40.7. The zero-order chi connectivity index (χ0) is 18.6. The van der Waals surface area contributed by atoms with Crippen LogP contribution in [0.4, 0.5) is 20.2 Å². The van der Waals surface area contributed by atoms with Gasteiger partial charge in [-0.25, -0.2) is 8.78 Å². The predicted molar refractivity (Wildman–Crippen MR) is 93.8 cm³/mol. The van der Waals surface area contributed by atoms with E-state index >= 15 is 0 Å². The number of nitrogen functional groups attached to an aromatic ring is 1. The summed E-state index contributed by atoms with van der Waals surface area (Å²) in [7, 11) is -1.04. The standard InChI is InChI=1S/C17H25BF2N2O3/c1-15(2)16(3,4)25-18(24-15)10-8-11(21)14(13(20)12(10)19)22-9-17(23)6-5-7-17/h8,22-23H,5-7,9,21H2,1-4H3. The largest absolute Gasteiger partial charge is 0.498 e. The molecule has 2 aliphatic rings. The topological polar surface area (TPSA) is 76.7 Å². The lowest BCUT2D eigenvalue weighted by Crippen LogP contribution is -2.44. The molecule has 0 atom stereocenters. The molecule has 2 fully saturated rings. The zero-order valence-corrected chi connectivity index (χ0v) is 15.1. The van der Waals surface area contributed by atoms with Crippen molar-refractivity contribution in [3.05, 3.63) is 17.7 Å². The molecule has 0 amide bonds. The zero-order valence-electron chi connectivity index (χ0n) is 15.1. The smallest absolute Gasteiger partial charge is 0.399 e. The maximum absolute atomic E-state index is 14.6. The van der Waals surface area contributed by atoms with Crippen LogP contribution in [0.2, 0.25) is 0 Å². The number of hydrogen-bond donors (Lipinski definition) is 3. The Balaban J connectivity index is 1.86. The van der Waals surface area contributed by atoms with Crippen LogP contribution < -0.4 is 16.5 Å². The van der Waals surface area contributed by atoms with Crippen LogP contribution >= 0.6 is 0 Å². The average Bonchev–Trinajstić information content (AvgIpc) is 2.69. The first kappa shape index (κ1) is 18.4. The Morgan fingerprint density at radius 3 is 2.20 bits per heavy atom. The summed E-state index contributed by atoms with van der Waals surface area (Å²) in [6, 6.07) is 1.33. The summed E-state index contributed by atoms with van der Waals surface area (Å²) in [5.41, 5.74) is 3.55. The van der Waals surface area contributed by atoms with Crippen molar-refractivity contribution in [2.45, 2.75) is 63.8 Å². The molecule has 1 aromatic carbocycles. The fraction of sp³-hybridized carbons (Fsp3) is 0.647. The highest BCUT2D eigenvalue weighted by atomic mass is 19.2. The van der Waals surface area contributed by atoms with E-state index in [1.54, 1.807) is 0 Å². The lowest BCUT2D eigenvalue weighted by atomic mass is 9.78. The maximum atomic E-state index is 14.6. The third-order valence-electron chi connectivity index (χ3n) is 5.65. The van der Waals surface area contributed by atoms with E-state index in [1.165, 1.54) is 6.07 Å². The molecular weight excluding hydrogens is 329 g/mol. The Hall–Kier alpha value is -1.38. The molecule has 1 aliphatic heterocycles. The van der Waals surface area contributed by atoms with Crippen LogP contribution in [0.1, 0.15) is 47.0 Å². The Labute approximate surface area is 147 Å². The fourth-order valence-electron chi connectivity index (χ4n) is 3.00. The summed E-state index contributed by atoms with van der Waals surface area (Å²) in [5.74, 6) is -2.15. The summed E-state index contributed by atoms with van der Waals surface area (Å²) >= 11 is 0. The van der Waals surface area contributed by atoms with Crippen LogP contribution in [0.15, 0.2) is 6.07 Å². The molecule has 0 spiro atoms. The second kappa shape index (κ2) is 5.82. The maximum Gasteiger partial charge on any atom is 0.498 e. The van der Waals surface area contributed by atoms with Crippen LogP contribution in [0, 0.1) is 11.6 Å². The first-order valence-electron chi connectivity index (χ1n) is 8.55. The van der Waals surface area contributed by atoms with Crippen molar-refractivity contribution in [1.29, 1.82) is 0 Å². The fourth-order valence-corrected chi connectivity index (χ4v) is 3.00. The third-order valence-corrected chi connectivity index (χ3v) is 5.65. The van der Waals surface area contributed by atoms with Crippen molar-refractivity contribution in [2.24, 2.45) is 0 Å². The van der Waals surface area contributed by atoms with Crippen LogP contribution in [0.25, 0.3) is 0 Å². The van der Waals surface area contributed by atoms with E-state index < -0.39 is 35.6 Å². The number of aliphatic hydroxyl groups is 1. The molecule has 0 aromatic heterocycles. The Kier molecular flexibility index (Phi) is 4.29. The van der Waals surface area contributed by atoms with Crippen LogP contribution in [-0.2, 0) is 9.31 Å². The molecule has 1 heterocycles. The van der Waals surface area contributed by atoms with E-state index in [4.69, 9.17) is 15.0 Å². The first-order chi connectivity index (χ1) is 11.5. The Morgan fingerprint density at radius 2 is 1.72 bits per heavy atom. The lowest BCUT2D eigenvalue weighted by Gasteiger charge is -2.37. The summed E-state index contributed by atoms with van der Waals surface area (Å²) in [6.07, 6.45) is 2.19. The van der Waals surface area contributed by atoms with Gasteiger partial charge in [-0.2, -0.15) is 0 Å². The van der Waals surface area contributed by atoms with Gasteiger partial charge in [-0.15, -0.1) is 0 Å². The van der Waals surface area contributed by atoms with Crippen molar-refractivity contribution in [3.8, 4) is 0 Å². The second-order valence-electron chi connectivity index (χ2n) is 8.08. The molecule has 138 valence electrons. The number of benzene rings is 1. The molecule has 4 N–H and O–H groups in total. The highest BCUT2D eigenvalue weighted by Crippen LogP contribution is 2.38. The predicted octanol–water partition coefficient (Wildman–Crippen LogP) is 2.17. The van der Waals surface area contributed by atoms with Gasteiger partial charge >= 0.3 is 7.12 Å². The molecule has 3 rings (SSSR count). The highest BCUT2D eigenvalue weighted by Gasteiger charge is 2.53. The van der Waals surface area contributed by atoms with Crippen molar-refractivity contribution in [1.82, 2.24) is 0 Å². The van der Waals surface area contributed by atoms with Crippen LogP contribution in [0.3, 0.4) is 0 Å². The molecular formula is C17H25BF2N2O3. The van der Waals surface area contributed by atoms with E-state index in [0.717, 1.165) is 6.42 Å². The van der Waals surface area contributed by atoms with Gasteiger partial charge in [0.25, 0.3) is 0 Å². The van der Waals surface area contributed by atoms with E-state index in [0.29, 0.717) is 12.8 Å². The molecule has 25 heavy (non-hydrogen) atoms. The van der Waals surface area contributed by atoms with Gasteiger partial charge in [0.15, 0.2) is 11.6 Å². The SMILES string of the molecule is CC1(C)OB(c2cc(N)c(NCC3(O)CCC3)c(F)c2F)OC1(C)C. The molecule has 0 radical (unpaired) electrons. The molecule has 5 nitrogen and oxygen atoms in total. The van der Waals surface area contributed by atoms with E-state index in [1.807, 2.05) is 27.7 Å². The van der Waals surface area contributed by atoms with Crippen molar-refractivity contribution < 1.29 is 23.2 Å². The van der Waals surface area contributed by atoms with Gasteiger partial charge in [0.1, 0.15) is 0 Å². The van der Waals surface area contributed by atoms with Gasteiger partial charge < -0.3 is 25.5 Å². The van der Waals surface area contributed by atoms with E-state index in [-0.39, 0.29) is 23.4 Å². The molecule has 1 saturated heterocycles. The number of nitrogens with one attached hydrogen (secondary N) is 1. The van der Waals surface area contributed by atoms with Gasteiger partial charge in [0.2, 0.25) is 0 Å². The number of rotatable bonds is 4. The molecule has 0 unspecified atom stereocenters. The Bertz CT molecular complexity index is 677. The average molecular weight is 354 g/mol. The molecule has 8 heteroatoms. The lowest BCUT2D eigenvalue weighted by molar-refractivity contribution is -0.0202. The van der Waals surface area contributed by atoms with Crippen LogP contribution in [-0.4, -0.2) is 35.6 Å². The molecule has 0 bridgehead atoms. The minimum Gasteiger partial charge on any atom is -0.399 e. The van der Waals surface area contributed by atoms with Crippen molar-refractivity contribution in [2.75, 3.05) is 17.6 Å². The minimum atomic E-state index is -1.09. The van der Waals surface area contributed by atoms with Crippen molar-refractivity contribution >= 4 is 24.0 Å². The summed E-state index contributed by atoms with van der Waals surface area (Å²) in [6.45, 7) is 7.46. The number of nitrogens with two attached hydrogens (primary N) is 1. The quantitative estimate of drug-likeness (QED) is 0.571. The van der Waals surface area contributed by atoms with E-state index in [9.17, 15) is 13.9 Å². The third kappa shape index (κ3) is 3.11. The highest BCUT2D eigenvalue weighted by molar-refractivity contribution is 6.62. The number of halogens is 2. The van der Waals surface area contributed by atoms with Gasteiger partial charge in [-0.05, 0) is 53.0 Å². The van der Waals surface area contributed by atoms with Gasteiger partial charge in [0.05, 0.1) is 28.2 Å². The monoisotopic (exact) mass is 354 g/mol. The number of anilines is 2. The van der Waals surface area contributed by atoms with Gasteiger partial charge in [0, 0.05) is 12.0 Å². The van der Waals surface area contributed by atoms with Gasteiger partial charge in [-0.1, -0.05) is 0 Å². The molecule has 1 saturated carbocycles. The van der Waals surface area contributed by atoms with Crippen LogP contribution in [0.5, 0.6) is 0 Å².